The van der Waals surface area contributed by atoms with Gasteiger partial charge in [-0.05, 0) is 55.9 Å². The molecule has 1 aliphatic carbocycles. The van der Waals surface area contributed by atoms with E-state index in [1.807, 2.05) is 0 Å². The van der Waals surface area contributed by atoms with Gasteiger partial charge in [-0.15, -0.1) is 0 Å². The Bertz CT molecular complexity index is 921. The van der Waals surface area contributed by atoms with Crippen LogP contribution in [0.15, 0.2) is 35.6 Å². The Morgan fingerprint density at radius 2 is 1.76 bits per heavy atom. The van der Waals surface area contributed by atoms with Crippen LogP contribution in [-0.2, 0) is 20.6 Å². The molecule has 1 aromatic carbocycles. The van der Waals surface area contributed by atoms with E-state index in [9.17, 15) is 32.7 Å². The number of halogens is 3. The van der Waals surface area contributed by atoms with Gasteiger partial charge in [0.05, 0.1) is 11.7 Å². The molecule has 2 amide bonds. The predicted octanol–water partition coefficient (Wildman–Crippen LogP) is 2.89. The van der Waals surface area contributed by atoms with Crippen LogP contribution in [0.2, 0.25) is 0 Å². The number of hydrogen-bond acceptors (Lipinski definition) is 5. The van der Waals surface area contributed by atoms with Gasteiger partial charge in [0.1, 0.15) is 23.6 Å². The fourth-order valence-corrected chi connectivity index (χ4v) is 4.05. The summed E-state index contributed by atoms with van der Waals surface area (Å²) in [5.41, 5.74) is -1.16. The third kappa shape index (κ3) is 6.39. The number of alkyl halides is 3. The normalized spacial score (nSPS) is 21.7. The number of carbonyl (C=O) groups is 3. The zero-order valence-electron chi connectivity index (χ0n) is 17.7. The van der Waals surface area contributed by atoms with Gasteiger partial charge < -0.3 is 25.2 Å². The average Bonchev–Trinajstić information content (AvgIpc) is 2.75. The Labute approximate surface area is 188 Å². The third-order valence-corrected chi connectivity index (χ3v) is 5.79. The van der Waals surface area contributed by atoms with Gasteiger partial charge in [0.15, 0.2) is 0 Å². The van der Waals surface area contributed by atoms with Crippen LogP contribution < -0.4 is 10.1 Å². The zero-order valence-corrected chi connectivity index (χ0v) is 17.7. The van der Waals surface area contributed by atoms with E-state index in [-0.39, 0.29) is 30.7 Å². The highest BCUT2D eigenvalue weighted by Gasteiger charge is 2.34. The molecule has 3 N–H and O–H groups in total. The van der Waals surface area contributed by atoms with Crippen molar-refractivity contribution in [3.05, 3.63) is 41.2 Å². The summed E-state index contributed by atoms with van der Waals surface area (Å²) in [6.45, 7) is -0.0248. The monoisotopic (exact) mass is 470 g/mol. The molecule has 8 nitrogen and oxygen atoms in total. The number of carboxylic acids is 1. The molecule has 2 aliphatic rings. The second-order valence-electron chi connectivity index (χ2n) is 8.18. The lowest BCUT2D eigenvalue weighted by Crippen LogP contribution is -2.45. The van der Waals surface area contributed by atoms with Crippen LogP contribution in [0.5, 0.6) is 5.75 Å². The van der Waals surface area contributed by atoms with Gasteiger partial charge in [-0.25, -0.2) is 0 Å². The first-order chi connectivity index (χ1) is 15.5. The number of carbonyl (C=O) groups excluding carboxylic acids is 2. The van der Waals surface area contributed by atoms with Gasteiger partial charge in [0.2, 0.25) is 0 Å². The standard InChI is InChI=1S/C22H25F3N2O6/c23-22(24,25)14-3-7-16(8-4-14)33-15-5-1-13(2-6-15)12-27-10-9-17(28)19(21(27)32)20(31)26-11-18(29)30/h3-4,7-8,13,15,28H,1-2,5-6,9-12H2,(H,26,31)(H,29,30). The predicted molar refractivity (Wildman–Crippen MR) is 109 cm³/mol. The number of hydrogen-bond donors (Lipinski definition) is 3. The first-order valence-corrected chi connectivity index (χ1v) is 10.6. The summed E-state index contributed by atoms with van der Waals surface area (Å²) in [7, 11) is 0. The average molecular weight is 470 g/mol. The highest BCUT2D eigenvalue weighted by molar-refractivity contribution is 6.19. The molecule has 0 saturated heterocycles. The molecule has 0 spiro atoms. The quantitative estimate of drug-likeness (QED) is 0.528. The first-order valence-electron chi connectivity index (χ1n) is 10.6. The summed E-state index contributed by atoms with van der Waals surface area (Å²) < 4.78 is 43.8. The maximum Gasteiger partial charge on any atom is 0.416 e. The van der Waals surface area contributed by atoms with Crippen molar-refractivity contribution in [3.8, 4) is 5.75 Å². The van der Waals surface area contributed by atoms with Crippen LogP contribution in [0.3, 0.4) is 0 Å². The molecule has 33 heavy (non-hydrogen) atoms. The number of rotatable bonds is 7. The second kappa shape index (κ2) is 10.1. The van der Waals surface area contributed by atoms with E-state index in [0.717, 1.165) is 25.0 Å². The van der Waals surface area contributed by atoms with E-state index in [1.165, 1.54) is 17.0 Å². The van der Waals surface area contributed by atoms with Crippen molar-refractivity contribution >= 4 is 17.8 Å². The highest BCUT2D eigenvalue weighted by Crippen LogP contribution is 2.32. The first kappa shape index (κ1) is 24.4. The number of carboxylic acid groups (broad SMARTS) is 1. The number of ether oxygens (including phenoxy) is 1. The number of benzene rings is 1. The molecule has 1 heterocycles. The molecule has 1 aromatic rings. The molecule has 180 valence electrons. The topological polar surface area (TPSA) is 116 Å². The largest absolute Gasteiger partial charge is 0.511 e. The fraction of sp³-hybridized carbons (Fsp3) is 0.500. The zero-order chi connectivity index (χ0) is 24.2. The highest BCUT2D eigenvalue weighted by atomic mass is 19.4. The molecular formula is C22H25F3N2O6. The van der Waals surface area contributed by atoms with Crippen LogP contribution in [0.25, 0.3) is 0 Å². The molecule has 3 rings (SSSR count). The summed E-state index contributed by atoms with van der Waals surface area (Å²) in [6, 6.07) is 4.57. The Morgan fingerprint density at radius 1 is 1.12 bits per heavy atom. The van der Waals surface area contributed by atoms with Crippen molar-refractivity contribution in [2.24, 2.45) is 5.92 Å². The molecule has 0 aromatic heterocycles. The maximum absolute atomic E-state index is 12.7. The fourth-order valence-electron chi connectivity index (χ4n) is 4.05. The maximum atomic E-state index is 12.7. The van der Waals surface area contributed by atoms with E-state index in [0.29, 0.717) is 25.1 Å². The molecule has 0 atom stereocenters. The van der Waals surface area contributed by atoms with Gasteiger partial charge in [-0.2, -0.15) is 13.2 Å². The van der Waals surface area contributed by atoms with Gasteiger partial charge in [-0.3, -0.25) is 14.4 Å². The van der Waals surface area contributed by atoms with Crippen molar-refractivity contribution in [1.82, 2.24) is 10.2 Å². The minimum absolute atomic E-state index is 0.105. The van der Waals surface area contributed by atoms with Gasteiger partial charge >= 0.3 is 12.1 Å². The Kier molecular flexibility index (Phi) is 7.50. The van der Waals surface area contributed by atoms with Gasteiger partial charge in [0, 0.05) is 19.5 Å². The molecule has 1 saturated carbocycles. The summed E-state index contributed by atoms with van der Waals surface area (Å²) in [5.74, 6) is -2.66. The van der Waals surface area contributed by atoms with E-state index < -0.39 is 41.6 Å². The van der Waals surface area contributed by atoms with Crippen molar-refractivity contribution in [1.29, 1.82) is 0 Å². The van der Waals surface area contributed by atoms with Crippen molar-refractivity contribution in [3.63, 3.8) is 0 Å². The van der Waals surface area contributed by atoms with Gasteiger partial charge in [0.25, 0.3) is 11.8 Å². The van der Waals surface area contributed by atoms with E-state index >= 15 is 0 Å². The van der Waals surface area contributed by atoms with Gasteiger partial charge in [-0.1, -0.05) is 0 Å². The van der Waals surface area contributed by atoms with Crippen molar-refractivity contribution in [2.45, 2.75) is 44.4 Å². The second-order valence-corrected chi connectivity index (χ2v) is 8.18. The van der Waals surface area contributed by atoms with E-state index in [4.69, 9.17) is 9.84 Å². The van der Waals surface area contributed by atoms with Crippen LogP contribution in [-0.4, -0.2) is 58.6 Å². The Hall–Kier alpha value is -3.24. The number of aliphatic carboxylic acids is 1. The number of amides is 2. The van der Waals surface area contributed by atoms with Crippen LogP contribution in [0.1, 0.15) is 37.7 Å². The number of nitrogens with zero attached hydrogens (tertiary/aromatic N) is 1. The van der Waals surface area contributed by atoms with Crippen molar-refractivity contribution in [2.75, 3.05) is 19.6 Å². The van der Waals surface area contributed by atoms with E-state index in [1.54, 1.807) is 0 Å². The number of nitrogens with one attached hydrogen (secondary N) is 1. The molecule has 1 fully saturated rings. The van der Waals surface area contributed by atoms with Crippen LogP contribution >= 0.6 is 0 Å². The van der Waals surface area contributed by atoms with Crippen LogP contribution in [0, 0.1) is 5.92 Å². The lowest BCUT2D eigenvalue weighted by molar-refractivity contribution is -0.138. The van der Waals surface area contributed by atoms with E-state index in [2.05, 4.69) is 5.32 Å². The molecule has 0 bridgehead atoms. The lowest BCUT2D eigenvalue weighted by atomic mass is 9.86. The smallest absolute Gasteiger partial charge is 0.416 e. The Morgan fingerprint density at radius 3 is 2.33 bits per heavy atom. The minimum atomic E-state index is -4.40. The molecule has 11 heteroatoms. The summed E-state index contributed by atoms with van der Waals surface area (Å²) in [6.07, 6.45) is -1.64. The third-order valence-electron chi connectivity index (χ3n) is 5.79. The molecule has 0 unspecified atom stereocenters. The Balaban J connectivity index is 1.50. The SMILES string of the molecule is O=C(O)CNC(=O)C1=C(O)CCN(CC2CCC(Oc3ccc(C(F)(F)F)cc3)CC2)C1=O. The van der Waals surface area contributed by atoms with Crippen molar-refractivity contribution < 1.29 is 42.5 Å². The number of aliphatic hydroxyl groups excluding tert-OH is 1. The summed E-state index contributed by atoms with van der Waals surface area (Å²) in [4.78, 5) is 36.9. The summed E-state index contributed by atoms with van der Waals surface area (Å²) >= 11 is 0. The molecule has 1 aliphatic heterocycles. The lowest BCUT2D eigenvalue weighted by Gasteiger charge is -2.34. The minimum Gasteiger partial charge on any atom is -0.511 e. The molecule has 0 radical (unpaired) electrons. The van der Waals surface area contributed by atoms with Crippen LogP contribution in [0.4, 0.5) is 13.2 Å². The number of aliphatic hydroxyl groups is 1. The molecular weight excluding hydrogens is 445 g/mol. The summed E-state index contributed by atoms with van der Waals surface area (Å²) in [5, 5.41) is 20.8.